The number of aromatic nitrogens is 1. The van der Waals surface area contributed by atoms with Crippen molar-refractivity contribution in [3.8, 4) is 0 Å². The Morgan fingerprint density at radius 1 is 1.27 bits per heavy atom. The van der Waals surface area contributed by atoms with Gasteiger partial charge in [-0.25, -0.2) is 4.98 Å². The summed E-state index contributed by atoms with van der Waals surface area (Å²) in [5, 5.41) is 0. The fourth-order valence-corrected chi connectivity index (χ4v) is 4.19. The standard InChI is InChI=1S/C18H25N3O/c1-14-6-9-19-16(11-14)20-10-2-7-18(12-20)8-5-17(22)21(13-18)15-3-4-15/h6,9,11,15H,2-5,7-8,10,12-13H2,1H3. The molecule has 4 heteroatoms. The Labute approximate surface area is 132 Å². The van der Waals surface area contributed by atoms with Gasteiger partial charge in [0.1, 0.15) is 5.82 Å². The van der Waals surface area contributed by atoms with Crippen LogP contribution in [0, 0.1) is 12.3 Å². The number of pyridine rings is 1. The zero-order valence-corrected chi connectivity index (χ0v) is 13.4. The number of carbonyl (C=O) groups is 1. The maximum absolute atomic E-state index is 12.2. The van der Waals surface area contributed by atoms with E-state index in [1.165, 1.54) is 31.2 Å². The van der Waals surface area contributed by atoms with Gasteiger partial charge in [0, 0.05) is 43.7 Å². The largest absolute Gasteiger partial charge is 0.356 e. The monoisotopic (exact) mass is 299 g/mol. The molecule has 1 amide bonds. The topological polar surface area (TPSA) is 36.4 Å². The lowest BCUT2D eigenvalue weighted by atomic mass is 9.73. The Morgan fingerprint density at radius 2 is 2.14 bits per heavy atom. The van der Waals surface area contributed by atoms with Crippen LogP contribution >= 0.6 is 0 Å². The third-order valence-electron chi connectivity index (χ3n) is 5.57. The van der Waals surface area contributed by atoms with Crippen molar-refractivity contribution in [2.24, 2.45) is 5.41 Å². The van der Waals surface area contributed by atoms with E-state index in [2.05, 4.69) is 33.8 Å². The lowest BCUT2D eigenvalue weighted by Crippen LogP contribution is -2.54. The highest BCUT2D eigenvalue weighted by Crippen LogP contribution is 2.43. The molecule has 2 saturated heterocycles. The normalized spacial score (nSPS) is 29.2. The van der Waals surface area contributed by atoms with Crippen molar-refractivity contribution >= 4 is 11.7 Å². The second-order valence-corrected chi connectivity index (χ2v) is 7.47. The summed E-state index contributed by atoms with van der Waals surface area (Å²) < 4.78 is 0. The first kappa shape index (κ1) is 14.0. The van der Waals surface area contributed by atoms with E-state index in [1.54, 1.807) is 0 Å². The van der Waals surface area contributed by atoms with Crippen molar-refractivity contribution in [3.63, 3.8) is 0 Å². The number of amides is 1. The molecule has 1 unspecified atom stereocenters. The molecule has 0 bridgehead atoms. The van der Waals surface area contributed by atoms with Crippen LogP contribution in [0.3, 0.4) is 0 Å². The highest BCUT2D eigenvalue weighted by atomic mass is 16.2. The van der Waals surface area contributed by atoms with Crippen LogP contribution in [-0.2, 0) is 4.79 Å². The molecule has 3 fully saturated rings. The minimum atomic E-state index is 0.292. The molecule has 2 aliphatic heterocycles. The average Bonchev–Trinajstić information content (AvgIpc) is 3.35. The number of aryl methyl sites for hydroxylation is 1. The van der Waals surface area contributed by atoms with Crippen LogP contribution in [0.5, 0.6) is 0 Å². The maximum atomic E-state index is 12.2. The number of rotatable bonds is 2. The maximum Gasteiger partial charge on any atom is 0.222 e. The molecule has 1 atom stereocenters. The minimum Gasteiger partial charge on any atom is -0.356 e. The Bertz CT molecular complexity index is 583. The summed E-state index contributed by atoms with van der Waals surface area (Å²) in [7, 11) is 0. The van der Waals surface area contributed by atoms with Gasteiger partial charge in [0.15, 0.2) is 0 Å². The van der Waals surface area contributed by atoms with Crippen LogP contribution in [0.25, 0.3) is 0 Å². The first-order chi connectivity index (χ1) is 10.7. The van der Waals surface area contributed by atoms with Crippen molar-refractivity contribution in [1.29, 1.82) is 0 Å². The quantitative estimate of drug-likeness (QED) is 0.842. The van der Waals surface area contributed by atoms with Gasteiger partial charge in [-0.2, -0.15) is 0 Å². The number of piperidine rings is 2. The average molecular weight is 299 g/mol. The molecule has 4 rings (SSSR count). The third-order valence-corrected chi connectivity index (χ3v) is 5.57. The molecule has 118 valence electrons. The van der Waals surface area contributed by atoms with Gasteiger partial charge in [-0.15, -0.1) is 0 Å². The molecule has 22 heavy (non-hydrogen) atoms. The van der Waals surface area contributed by atoms with E-state index in [0.29, 0.717) is 17.4 Å². The lowest BCUT2D eigenvalue weighted by molar-refractivity contribution is -0.138. The summed E-state index contributed by atoms with van der Waals surface area (Å²) in [4.78, 5) is 21.4. The first-order valence-corrected chi connectivity index (χ1v) is 8.62. The summed E-state index contributed by atoms with van der Waals surface area (Å²) in [6.07, 6.45) is 8.60. The van der Waals surface area contributed by atoms with Gasteiger partial charge in [0.05, 0.1) is 0 Å². The van der Waals surface area contributed by atoms with Crippen LogP contribution < -0.4 is 4.90 Å². The smallest absolute Gasteiger partial charge is 0.222 e. The molecular formula is C18H25N3O. The molecular weight excluding hydrogens is 274 g/mol. The molecule has 1 aromatic heterocycles. The van der Waals surface area contributed by atoms with Gasteiger partial charge in [0.2, 0.25) is 5.91 Å². The summed E-state index contributed by atoms with van der Waals surface area (Å²) >= 11 is 0. The van der Waals surface area contributed by atoms with Crippen LogP contribution in [-0.4, -0.2) is 41.5 Å². The summed E-state index contributed by atoms with van der Waals surface area (Å²) in [5.74, 6) is 1.49. The molecule has 3 aliphatic rings. The van der Waals surface area contributed by atoms with Crippen LogP contribution in [0.4, 0.5) is 5.82 Å². The van der Waals surface area contributed by atoms with Gasteiger partial charge < -0.3 is 9.80 Å². The summed E-state index contributed by atoms with van der Waals surface area (Å²) in [6, 6.07) is 4.79. The lowest BCUT2D eigenvalue weighted by Gasteiger charge is -2.48. The van der Waals surface area contributed by atoms with E-state index < -0.39 is 0 Å². The molecule has 0 N–H and O–H groups in total. The van der Waals surface area contributed by atoms with Gasteiger partial charge in [-0.05, 0) is 56.7 Å². The molecule has 3 heterocycles. The Kier molecular flexibility index (Phi) is 3.35. The molecule has 1 aliphatic carbocycles. The van der Waals surface area contributed by atoms with Gasteiger partial charge >= 0.3 is 0 Å². The predicted molar refractivity (Wildman–Crippen MR) is 86.8 cm³/mol. The number of carbonyl (C=O) groups excluding carboxylic acids is 1. The van der Waals surface area contributed by atoms with Crippen LogP contribution in [0.15, 0.2) is 18.3 Å². The highest BCUT2D eigenvalue weighted by molar-refractivity contribution is 5.78. The SMILES string of the molecule is Cc1ccnc(N2CCCC3(CCC(=O)N(C4CC4)C3)C2)c1. The van der Waals surface area contributed by atoms with Crippen molar-refractivity contribution < 1.29 is 4.79 Å². The van der Waals surface area contributed by atoms with Crippen molar-refractivity contribution in [1.82, 2.24) is 9.88 Å². The van der Waals surface area contributed by atoms with E-state index in [0.717, 1.165) is 38.3 Å². The van der Waals surface area contributed by atoms with Gasteiger partial charge in [-0.1, -0.05) is 0 Å². The number of likely N-dealkylation sites (tertiary alicyclic amines) is 1. The second-order valence-electron chi connectivity index (χ2n) is 7.47. The minimum absolute atomic E-state index is 0.292. The van der Waals surface area contributed by atoms with E-state index in [1.807, 2.05) is 6.20 Å². The third kappa shape index (κ3) is 2.59. The van der Waals surface area contributed by atoms with Gasteiger partial charge in [0.25, 0.3) is 0 Å². The molecule has 1 saturated carbocycles. The van der Waals surface area contributed by atoms with Gasteiger partial charge in [-0.3, -0.25) is 4.79 Å². The van der Waals surface area contributed by atoms with Crippen molar-refractivity contribution in [3.05, 3.63) is 23.9 Å². The number of nitrogens with zero attached hydrogens (tertiary/aromatic N) is 3. The number of hydrogen-bond donors (Lipinski definition) is 0. The van der Waals surface area contributed by atoms with E-state index >= 15 is 0 Å². The molecule has 0 radical (unpaired) electrons. The first-order valence-electron chi connectivity index (χ1n) is 8.62. The zero-order chi connectivity index (χ0) is 15.2. The summed E-state index contributed by atoms with van der Waals surface area (Å²) in [5.41, 5.74) is 1.56. The van der Waals surface area contributed by atoms with E-state index in [9.17, 15) is 4.79 Å². The second kappa shape index (κ2) is 5.25. The van der Waals surface area contributed by atoms with E-state index in [4.69, 9.17) is 0 Å². The van der Waals surface area contributed by atoms with Crippen molar-refractivity contribution in [2.45, 2.75) is 51.5 Å². The fraction of sp³-hybridized carbons (Fsp3) is 0.667. The zero-order valence-electron chi connectivity index (χ0n) is 13.4. The Morgan fingerprint density at radius 3 is 2.91 bits per heavy atom. The molecule has 0 aromatic carbocycles. The molecule has 1 aromatic rings. The predicted octanol–water partition coefficient (Wildman–Crippen LogP) is 2.76. The fourth-order valence-electron chi connectivity index (χ4n) is 4.19. The van der Waals surface area contributed by atoms with Crippen LogP contribution in [0.1, 0.15) is 44.1 Å². The Hall–Kier alpha value is -1.58. The Balaban J connectivity index is 1.53. The number of anilines is 1. The highest BCUT2D eigenvalue weighted by Gasteiger charge is 2.45. The summed E-state index contributed by atoms with van der Waals surface area (Å²) in [6.45, 7) is 5.24. The van der Waals surface area contributed by atoms with Crippen LogP contribution in [0.2, 0.25) is 0 Å². The molecule has 4 nitrogen and oxygen atoms in total. The number of hydrogen-bond acceptors (Lipinski definition) is 3. The molecule has 1 spiro atoms. The van der Waals surface area contributed by atoms with E-state index in [-0.39, 0.29) is 0 Å². The van der Waals surface area contributed by atoms with Crippen molar-refractivity contribution in [2.75, 3.05) is 24.5 Å².